The Hall–Kier alpha value is -2.41. The van der Waals surface area contributed by atoms with Crippen LogP contribution in [0.25, 0.3) is 0 Å². The number of nitrogens with one attached hydrogen (secondary N) is 2. The molecule has 0 bridgehead atoms. The topological polar surface area (TPSA) is 52.6 Å². The van der Waals surface area contributed by atoms with E-state index in [2.05, 4.69) is 20.6 Å². The number of aromatic nitrogens is 1. The van der Waals surface area contributed by atoms with Crippen molar-refractivity contribution in [1.29, 1.82) is 0 Å². The molecule has 1 aliphatic heterocycles. The molecule has 1 fully saturated rings. The average Bonchev–Trinajstić information content (AvgIpc) is 3.08. The van der Waals surface area contributed by atoms with E-state index >= 15 is 0 Å². The van der Waals surface area contributed by atoms with Crippen molar-refractivity contribution >= 4 is 23.2 Å². The van der Waals surface area contributed by atoms with Gasteiger partial charge in [0.25, 0.3) is 0 Å². The summed E-state index contributed by atoms with van der Waals surface area (Å²) >= 11 is 5.78. The molecule has 0 spiro atoms. The molecule has 2 N–H and O–H groups in total. The van der Waals surface area contributed by atoms with Crippen LogP contribution < -0.4 is 15.5 Å². The summed E-state index contributed by atoms with van der Waals surface area (Å²) in [6.45, 7) is 1.87. The van der Waals surface area contributed by atoms with E-state index in [1.807, 2.05) is 11.0 Å². The lowest BCUT2D eigenvalue weighted by Gasteiger charge is -2.21. The summed E-state index contributed by atoms with van der Waals surface area (Å²) in [5.74, 6) is -0.448. The van der Waals surface area contributed by atoms with Crippen LogP contribution in [0, 0.1) is 11.6 Å². The smallest absolute Gasteiger partial charge is 0.191 e. The van der Waals surface area contributed by atoms with Crippen molar-refractivity contribution in [2.24, 2.45) is 4.99 Å². The van der Waals surface area contributed by atoms with Gasteiger partial charge in [-0.2, -0.15) is 0 Å². The minimum absolute atomic E-state index is 0.119. The molecule has 3 rings (SSSR count). The highest BCUT2D eigenvalue weighted by atomic mass is 35.5. The molecule has 1 aliphatic rings. The number of anilines is 1. The number of halogens is 3. The summed E-state index contributed by atoms with van der Waals surface area (Å²) in [5, 5.41) is 7.01. The Morgan fingerprint density at radius 3 is 2.88 bits per heavy atom. The largest absolute Gasteiger partial charge is 0.367 e. The highest BCUT2D eigenvalue weighted by molar-refractivity contribution is 6.29. The number of pyridine rings is 1. The third-order valence-electron chi connectivity index (χ3n) is 4.25. The van der Waals surface area contributed by atoms with Crippen molar-refractivity contribution in [3.8, 4) is 0 Å². The van der Waals surface area contributed by atoms with Gasteiger partial charge in [-0.15, -0.1) is 0 Å². The lowest BCUT2D eigenvalue weighted by molar-refractivity contribution is 0.580. The Bertz CT molecular complexity index is 782. The van der Waals surface area contributed by atoms with Gasteiger partial charge < -0.3 is 15.5 Å². The lowest BCUT2D eigenvalue weighted by Crippen LogP contribution is -2.44. The summed E-state index contributed by atoms with van der Waals surface area (Å²) in [6, 6.07) is 7.42. The van der Waals surface area contributed by atoms with Gasteiger partial charge in [-0.3, -0.25) is 4.99 Å². The molecule has 0 radical (unpaired) electrons. The molecule has 2 heterocycles. The second kappa shape index (κ2) is 8.31. The Labute approximate surface area is 156 Å². The van der Waals surface area contributed by atoms with Crippen molar-refractivity contribution in [1.82, 2.24) is 15.6 Å². The fraction of sp³-hybridized carbons (Fsp3) is 0.333. The molecule has 1 atom stereocenters. The number of guanidine groups is 1. The van der Waals surface area contributed by atoms with E-state index in [-0.39, 0.29) is 6.04 Å². The summed E-state index contributed by atoms with van der Waals surface area (Å²) in [5.41, 5.74) is 1.41. The average molecular weight is 380 g/mol. The van der Waals surface area contributed by atoms with Crippen LogP contribution in [0.15, 0.2) is 41.5 Å². The summed E-state index contributed by atoms with van der Waals surface area (Å²) in [6.07, 6.45) is 2.54. The molecule has 1 unspecified atom stereocenters. The van der Waals surface area contributed by atoms with E-state index < -0.39 is 11.6 Å². The molecule has 5 nitrogen and oxygen atoms in total. The molecular weight excluding hydrogens is 360 g/mol. The standard InChI is InChI=1S/C18H20ClF2N5/c1-22-18(24-10-12-2-5-17(19)23-9-12)25-14-6-7-26(11-14)16-4-3-13(20)8-15(16)21/h2-5,8-9,14H,6-7,10-11H2,1H3,(H2,22,24,25). The normalized spacial score (nSPS) is 17.5. The van der Waals surface area contributed by atoms with Crippen LogP contribution >= 0.6 is 11.6 Å². The number of aliphatic imine (C=N–C) groups is 1. The predicted octanol–water partition coefficient (Wildman–Crippen LogP) is 2.96. The van der Waals surface area contributed by atoms with E-state index in [1.165, 1.54) is 12.1 Å². The van der Waals surface area contributed by atoms with Crippen molar-refractivity contribution < 1.29 is 8.78 Å². The van der Waals surface area contributed by atoms with Gasteiger partial charge in [0.1, 0.15) is 16.8 Å². The second-order valence-electron chi connectivity index (χ2n) is 6.09. The fourth-order valence-corrected chi connectivity index (χ4v) is 3.03. The zero-order valence-corrected chi connectivity index (χ0v) is 15.1. The molecule has 2 aromatic rings. The molecule has 1 saturated heterocycles. The maximum Gasteiger partial charge on any atom is 0.191 e. The molecule has 1 aromatic carbocycles. The third kappa shape index (κ3) is 4.60. The van der Waals surface area contributed by atoms with Crippen molar-refractivity contribution in [3.05, 3.63) is 58.9 Å². The van der Waals surface area contributed by atoms with Crippen LogP contribution in [-0.4, -0.2) is 37.1 Å². The first-order chi connectivity index (χ1) is 12.5. The van der Waals surface area contributed by atoms with E-state index in [0.29, 0.717) is 36.4 Å². The molecule has 138 valence electrons. The van der Waals surface area contributed by atoms with Crippen LogP contribution in [0.1, 0.15) is 12.0 Å². The zero-order valence-electron chi connectivity index (χ0n) is 14.3. The fourth-order valence-electron chi connectivity index (χ4n) is 2.92. The molecule has 26 heavy (non-hydrogen) atoms. The van der Waals surface area contributed by atoms with Crippen molar-refractivity contribution in [2.45, 2.75) is 19.0 Å². The maximum absolute atomic E-state index is 13.9. The highest BCUT2D eigenvalue weighted by Crippen LogP contribution is 2.24. The first kappa shape index (κ1) is 18.4. The zero-order chi connectivity index (χ0) is 18.5. The third-order valence-corrected chi connectivity index (χ3v) is 4.48. The van der Waals surface area contributed by atoms with Gasteiger partial charge in [-0.25, -0.2) is 13.8 Å². The summed E-state index contributed by atoms with van der Waals surface area (Å²) in [4.78, 5) is 10.2. The number of benzene rings is 1. The SMILES string of the molecule is CN=C(NCc1ccc(Cl)nc1)NC1CCN(c2ccc(F)cc2F)C1. The monoisotopic (exact) mass is 379 g/mol. The minimum atomic E-state index is -0.568. The van der Waals surface area contributed by atoms with Crippen LogP contribution in [-0.2, 0) is 6.54 Å². The van der Waals surface area contributed by atoms with Gasteiger partial charge >= 0.3 is 0 Å². The Kier molecular flexibility index (Phi) is 5.88. The molecular formula is C18H20ClF2N5. The van der Waals surface area contributed by atoms with Crippen LogP contribution in [0.2, 0.25) is 5.15 Å². The first-order valence-corrected chi connectivity index (χ1v) is 8.70. The first-order valence-electron chi connectivity index (χ1n) is 8.33. The summed E-state index contributed by atoms with van der Waals surface area (Å²) in [7, 11) is 1.70. The number of nitrogens with zero attached hydrogens (tertiary/aromatic N) is 3. The lowest BCUT2D eigenvalue weighted by atomic mass is 10.2. The number of rotatable bonds is 4. The Morgan fingerprint density at radius 2 is 2.19 bits per heavy atom. The maximum atomic E-state index is 13.9. The predicted molar refractivity (Wildman–Crippen MR) is 99.6 cm³/mol. The van der Waals surface area contributed by atoms with Gasteiger partial charge in [0.2, 0.25) is 0 Å². The Morgan fingerprint density at radius 1 is 1.35 bits per heavy atom. The van der Waals surface area contributed by atoms with E-state index in [0.717, 1.165) is 18.1 Å². The number of hydrogen-bond acceptors (Lipinski definition) is 3. The quantitative estimate of drug-likeness (QED) is 0.487. The Balaban J connectivity index is 1.54. The van der Waals surface area contributed by atoms with Gasteiger partial charge in [0.05, 0.1) is 5.69 Å². The van der Waals surface area contributed by atoms with E-state index in [9.17, 15) is 8.78 Å². The van der Waals surface area contributed by atoms with Crippen LogP contribution in [0.5, 0.6) is 0 Å². The van der Waals surface area contributed by atoms with Gasteiger partial charge in [0, 0.05) is 45.0 Å². The number of hydrogen-bond donors (Lipinski definition) is 2. The second-order valence-corrected chi connectivity index (χ2v) is 6.47. The molecule has 8 heteroatoms. The molecule has 0 amide bonds. The van der Waals surface area contributed by atoms with Gasteiger partial charge in [0.15, 0.2) is 5.96 Å². The molecule has 1 aromatic heterocycles. The van der Waals surface area contributed by atoms with E-state index in [4.69, 9.17) is 11.6 Å². The van der Waals surface area contributed by atoms with Gasteiger partial charge in [-0.05, 0) is 30.2 Å². The van der Waals surface area contributed by atoms with Crippen molar-refractivity contribution in [2.75, 3.05) is 25.0 Å². The molecule has 0 aliphatic carbocycles. The van der Waals surface area contributed by atoms with Crippen molar-refractivity contribution in [3.63, 3.8) is 0 Å². The van der Waals surface area contributed by atoms with Crippen LogP contribution in [0.4, 0.5) is 14.5 Å². The summed E-state index contributed by atoms with van der Waals surface area (Å²) < 4.78 is 27.0. The molecule has 0 saturated carbocycles. The van der Waals surface area contributed by atoms with E-state index in [1.54, 1.807) is 19.3 Å². The van der Waals surface area contributed by atoms with Crippen LogP contribution in [0.3, 0.4) is 0 Å². The minimum Gasteiger partial charge on any atom is -0.367 e. The van der Waals surface area contributed by atoms with Gasteiger partial charge in [-0.1, -0.05) is 17.7 Å². The highest BCUT2D eigenvalue weighted by Gasteiger charge is 2.25.